The molecule has 10 heteroatoms. The van der Waals surface area contributed by atoms with Crippen molar-refractivity contribution < 1.29 is 36.2 Å². The second-order valence-corrected chi connectivity index (χ2v) is 6.49. The number of nitrogens with zero attached hydrogens (tertiary/aromatic N) is 1. The first kappa shape index (κ1) is 17.2. The van der Waals surface area contributed by atoms with Crippen molar-refractivity contribution in [2.75, 3.05) is 25.5 Å². The number of hydrogen-bond donors (Lipinski definition) is 1. The molecule has 1 heterocycles. The molecule has 0 aromatic carbocycles. The minimum atomic E-state index is -4.52. The maximum absolute atomic E-state index is 11.9. The van der Waals surface area contributed by atoms with Crippen molar-refractivity contribution in [1.82, 2.24) is 4.31 Å². The number of carbonyl (C=O) groups is 1. The molecular formula is C10H16F3NO5S. The fourth-order valence-corrected chi connectivity index (χ4v) is 3.51. The molecule has 0 amide bonds. The normalized spacial score (nSPS) is 21.9. The van der Waals surface area contributed by atoms with Crippen LogP contribution in [0.15, 0.2) is 0 Å². The lowest BCUT2D eigenvalue weighted by Crippen LogP contribution is -2.49. The van der Waals surface area contributed by atoms with Gasteiger partial charge in [-0.3, -0.25) is 4.79 Å². The smallest absolute Gasteiger partial charge is 0.411 e. The van der Waals surface area contributed by atoms with Gasteiger partial charge in [-0.1, -0.05) is 0 Å². The molecule has 0 radical (unpaired) electrons. The van der Waals surface area contributed by atoms with E-state index in [0.717, 1.165) is 4.31 Å². The fourth-order valence-electron chi connectivity index (χ4n) is 1.95. The third kappa shape index (κ3) is 5.25. The van der Waals surface area contributed by atoms with Crippen LogP contribution in [0.2, 0.25) is 0 Å². The first-order valence-electron chi connectivity index (χ1n) is 6.00. The van der Waals surface area contributed by atoms with Gasteiger partial charge >= 0.3 is 12.1 Å². The van der Waals surface area contributed by atoms with Crippen LogP contribution in [0.5, 0.6) is 0 Å². The van der Waals surface area contributed by atoms with Gasteiger partial charge in [-0.25, -0.2) is 8.42 Å². The van der Waals surface area contributed by atoms with Crippen LogP contribution in [0.3, 0.4) is 0 Å². The molecule has 0 aliphatic carbocycles. The molecule has 0 aromatic heterocycles. The molecule has 1 saturated heterocycles. The molecule has 1 N–H and O–H groups in total. The van der Waals surface area contributed by atoms with Gasteiger partial charge in [0.1, 0.15) is 12.6 Å². The van der Waals surface area contributed by atoms with Crippen LogP contribution >= 0.6 is 0 Å². The topological polar surface area (TPSA) is 83.9 Å². The number of ether oxygens (including phenoxy) is 1. The number of aliphatic carboxylic acids is 1. The van der Waals surface area contributed by atoms with E-state index in [2.05, 4.69) is 4.74 Å². The van der Waals surface area contributed by atoms with Gasteiger partial charge in [0, 0.05) is 6.54 Å². The first-order chi connectivity index (χ1) is 9.13. The highest BCUT2D eigenvalue weighted by atomic mass is 32.2. The van der Waals surface area contributed by atoms with E-state index in [1.807, 2.05) is 0 Å². The van der Waals surface area contributed by atoms with E-state index in [4.69, 9.17) is 5.11 Å². The zero-order valence-electron chi connectivity index (χ0n) is 10.6. The standard InChI is InChI=1S/C10H16F3NO5S/c11-10(12,13)7-19-5-6-20(17,18)14-4-2-1-3-8(14)9(15)16/h8H,1-7H2,(H,15,16). The highest BCUT2D eigenvalue weighted by Crippen LogP contribution is 2.21. The summed E-state index contributed by atoms with van der Waals surface area (Å²) in [5.74, 6) is -1.91. The Morgan fingerprint density at radius 1 is 1.35 bits per heavy atom. The molecule has 118 valence electrons. The van der Waals surface area contributed by atoms with Crippen LogP contribution in [0, 0.1) is 0 Å². The van der Waals surface area contributed by atoms with Gasteiger partial charge < -0.3 is 9.84 Å². The summed E-state index contributed by atoms with van der Waals surface area (Å²) >= 11 is 0. The lowest BCUT2D eigenvalue weighted by Gasteiger charge is -2.31. The van der Waals surface area contributed by atoms with E-state index in [1.54, 1.807) is 0 Å². The molecule has 1 unspecified atom stereocenters. The Bertz CT molecular complexity index is 437. The second-order valence-electron chi connectivity index (χ2n) is 4.44. The minimum Gasteiger partial charge on any atom is -0.480 e. The second kappa shape index (κ2) is 6.72. The van der Waals surface area contributed by atoms with Crippen molar-refractivity contribution in [3.8, 4) is 0 Å². The van der Waals surface area contributed by atoms with Crippen LogP contribution in [-0.4, -0.2) is 61.5 Å². The van der Waals surface area contributed by atoms with E-state index >= 15 is 0 Å². The van der Waals surface area contributed by atoms with Crippen molar-refractivity contribution in [2.24, 2.45) is 0 Å². The summed E-state index contributed by atoms with van der Waals surface area (Å²) in [6.45, 7) is -2.08. The number of carboxylic acid groups (broad SMARTS) is 1. The molecule has 0 aromatic rings. The highest BCUT2D eigenvalue weighted by molar-refractivity contribution is 7.89. The summed E-state index contributed by atoms with van der Waals surface area (Å²) in [5.41, 5.74) is 0. The number of hydrogen-bond acceptors (Lipinski definition) is 4. The molecule has 1 atom stereocenters. The Morgan fingerprint density at radius 2 is 2.00 bits per heavy atom. The van der Waals surface area contributed by atoms with Gasteiger partial charge in [0.25, 0.3) is 0 Å². The quantitative estimate of drug-likeness (QED) is 0.733. The number of rotatable bonds is 6. The van der Waals surface area contributed by atoms with Crippen LogP contribution in [0.4, 0.5) is 13.2 Å². The van der Waals surface area contributed by atoms with Gasteiger partial charge in [-0.15, -0.1) is 0 Å². The number of alkyl halides is 3. The first-order valence-corrected chi connectivity index (χ1v) is 7.61. The van der Waals surface area contributed by atoms with Crippen molar-refractivity contribution in [2.45, 2.75) is 31.5 Å². The van der Waals surface area contributed by atoms with Gasteiger partial charge in [-0.05, 0) is 19.3 Å². The Balaban J connectivity index is 2.56. The maximum Gasteiger partial charge on any atom is 0.411 e. The molecule has 0 bridgehead atoms. The van der Waals surface area contributed by atoms with E-state index in [0.29, 0.717) is 12.8 Å². The summed E-state index contributed by atoms with van der Waals surface area (Å²) < 4.78 is 64.4. The Labute approximate surface area is 114 Å². The minimum absolute atomic E-state index is 0.0680. The maximum atomic E-state index is 11.9. The van der Waals surface area contributed by atoms with Gasteiger partial charge in [0.2, 0.25) is 10.0 Å². The molecule has 1 aliphatic heterocycles. The summed E-state index contributed by atoms with van der Waals surface area (Å²) in [7, 11) is -3.94. The van der Waals surface area contributed by atoms with E-state index in [-0.39, 0.29) is 13.0 Å². The van der Waals surface area contributed by atoms with E-state index in [9.17, 15) is 26.4 Å². The number of sulfonamides is 1. The molecule has 0 spiro atoms. The lowest BCUT2D eigenvalue weighted by atomic mass is 10.1. The van der Waals surface area contributed by atoms with E-state index < -0.39 is 47.2 Å². The predicted molar refractivity (Wildman–Crippen MR) is 62.6 cm³/mol. The monoisotopic (exact) mass is 319 g/mol. The van der Waals surface area contributed by atoms with Crippen molar-refractivity contribution in [3.63, 3.8) is 0 Å². The summed E-state index contributed by atoms with van der Waals surface area (Å²) in [4.78, 5) is 11.0. The zero-order chi connectivity index (χ0) is 15.4. The van der Waals surface area contributed by atoms with Crippen molar-refractivity contribution in [1.29, 1.82) is 0 Å². The molecule has 1 rings (SSSR count). The molecule has 6 nitrogen and oxygen atoms in total. The Hall–Kier alpha value is -0.870. The lowest BCUT2D eigenvalue weighted by molar-refractivity contribution is -0.172. The molecule has 1 aliphatic rings. The number of piperidine rings is 1. The van der Waals surface area contributed by atoms with Crippen LogP contribution in [0.1, 0.15) is 19.3 Å². The Morgan fingerprint density at radius 3 is 2.55 bits per heavy atom. The van der Waals surface area contributed by atoms with Crippen molar-refractivity contribution >= 4 is 16.0 Å². The van der Waals surface area contributed by atoms with Gasteiger partial charge in [0.15, 0.2) is 0 Å². The van der Waals surface area contributed by atoms with Gasteiger partial charge in [-0.2, -0.15) is 17.5 Å². The largest absolute Gasteiger partial charge is 0.480 e. The summed E-state index contributed by atoms with van der Waals surface area (Å²) in [6.07, 6.45) is -3.17. The third-order valence-corrected chi connectivity index (χ3v) is 4.68. The van der Waals surface area contributed by atoms with Crippen LogP contribution in [0.25, 0.3) is 0 Å². The molecule has 20 heavy (non-hydrogen) atoms. The Kier molecular flexibility index (Phi) is 5.78. The SMILES string of the molecule is O=C(O)C1CCCCN1S(=O)(=O)CCOCC(F)(F)F. The number of halogens is 3. The molecule has 0 saturated carbocycles. The third-order valence-electron chi connectivity index (χ3n) is 2.85. The van der Waals surface area contributed by atoms with E-state index in [1.165, 1.54) is 0 Å². The predicted octanol–water partition coefficient (Wildman–Crippen LogP) is 0.834. The number of carboxylic acids is 1. The van der Waals surface area contributed by atoms with Crippen molar-refractivity contribution in [3.05, 3.63) is 0 Å². The highest BCUT2D eigenvalue weighted by Gasteiger charge is 2.36. The van der Waals surface area contributed by atoms with Gasteiger partial charge in [0.05, 0.1) is 12.4 Å². The van der Waals surface area contributed by atoms with Crippen LogP contribution in [-0.2, 0) is 19.6 Å². The molecule has 1 fully saturated rings. The van der Waals surface area contributed by atoms with Crippen LogP contribution < -0.4 is 0 Å². The zero-order valence-corrected chi connectivity index (χ0v) is 11.4. The average molecular weight is 319 g/mol. The average Bonchev–Trinajstić information content (AvgIpc) is 2.33. The molecular weight excluding hydrogens is 303 g/mol. The summed E-state index contributed by atoms with van der Waals surface area (Å²) in [5, 5.41) is 8.96. The fraction of sp³-hybridized carbons (Fsp3) is 0.900. The summed E-state index contributed by atoms with van der Waals surface area (Å²) in [6, 6.07) is -1.14.